The van der Waals surface area contributed by atoms with Gasteiger partial charge in [0.1, 0.15) is 11.9 Å². The van der Waals surface area contributed by atoms with Crippen LogP contribution >= 0.6 is 0 Å². The molecule has 0 aliphatic carbocycles. The first-order valence-corrected chi connectivity index (χ1v) is 9.62. The van der Waals surface area contributed by atoms with Crippen LogP contribution in [0.4, 0.5) is 13.2 Å². The van der Waals surface area contributed by atoms with Gasteiger partial charge in [0.2, 0.25) is 5.91 Å². The van der Waals surface area contributed by atoms with Crippen LogP contribution in [0.25, 0.3) is 0 Å². The van der Waals surface area contributed by atoms with E-state index in [0.29, 0.717) is 13.1 Å². The van der Waals surface area contributed by atoms with Gasteiger partial charge in [-0.2, -0.15) is 13.2 Å². The van der Waals surface area contributed by atoms with Gasteiger partial charge in [-0.15, -0.1) is 0 Å². The Balaban J connectivity index is 1.44. The summed E-state index contributed by atoms with van der Waals surface area (Å²) in [6, 6.07) is 7.85. The zero-order chi connectivity index (χ0) is 20.3. The summed E-state index contributed by atoms with van der Waals surface area (Å²) >= 11 is 0. The van der Waals surface area contributed by atoms with Gasteiger partial charge in [-0.1, -0.05) is 17.7 Å². The van der Waals surface area contributed by atoms with Crippen LogP contribution in [-0.4, -0.2) is 60.1 Å². The van der Waals surface area contributed by atoms with Crippen LogP contribution < -0.4 is 4.74 Å². The number of nitrogens with zero attached hydrogens (tertiary/aromatic N) is 2. The van der Waals surface area contributed by atoms with Crippen LogP contribution in [-0.2, 0) is 9.59 Å². The van der Waals surface area contributed by atoms with E-state index >= 15 is 0 Å². The van der Waals surface area contributed by atoms with Crippen LogP contribution in [0.15, 0.2) is 24.3 Å². The van der Waals surface area contributed by atoms with E-state index in [0.717, 1.165) is 29.1 Å². The van der Waals surface area contributed by atoms with Crippen molar-refractivity contribution in [2.45, 2.75) is 44.9 Å². The number of carbonyl (C=O) groups excluding carboxylic acids is 2. The van der Waals surface area contributed by atoms with Crippen molar-refractivity contribution in [3.05, 3.63) is 29.8 Å². The molecule has 0 N–H and O–H groups in total. The number of amides is 2. The van der Waals surface area contributed by atoms with Gasteiger partial charge in [0.05, 0.1) is 0 Å². The van der Waals surface area contributed by atoms with E-state index in [1.165, 1.54) is 0 Å². The van der Waals surface area contributed by atoms with Crippen LogP contribution in [0.2, 0.25) is 0 Å². The molecular formula is C20H25F3N2O3. The van der Waals surface area contributed by atoms with E-state index in [1.54, 1.807) is 4.90 Å². The molecular weight excluding hydrogens is 373 g/mol. The average Bonchev–Trinajstić information content (AvgIpc) is 2.69. The molecule has 0 saturated carbocycles. The molecule has 2 heterocycles. The molecule has 1 aromatic rings. The topological polar surface area (TPSA) is 49.9 Å². The molecule has 28 heavy (non-hydrogen) atoms. The van der Waals surface area contributed by atoms with Crippen molar-refractivity contribution in [1.29, 1.82) is 0 Å². The van der Waals surface area contributed by atoms with Crippen molar-refractivity contribution in [3.8, 4) is 5.75 Å². The Kier molecular flexibility index (Phi) is 6.15. The fourth-order valence-corrected chi connectivity index (χ4v) is 3.77. The normalized spacial score (nSPS) is 19.6. The van der Waals surface area contributed by atoms with Gasteiger partial charge in [-0.25, -0.2) is 0 Å². The number of rotatable bonds is 3. The minimum atomic E-state index is -4.85. The predicted molar refractivity (Wildman–Crippen MR) is 96.8 cm³/mol. The second-order valence-electron chi connectivity index (χ2n) is 7.52. The molecule has 0 bridgehead atoms. The lowest BCUT2D eigenvalue weighted by Gasteiger charge is -2.37. The van der Waals surface area contributed by atoms with Crippen molar-refractivity contribution < 1.29 is 27.5 Å². The number of likely N-dealkylation sites (tertiary alicyclic amines) is 2. The average molecular weight is 398 g/mol. The molecule has 8 heteroatoms. The molecule has 2 fully saturated rings. The van der Waals surface area contributed by atoms with Crippen LogP contribution in [0.5, 0.6) is 5.75 Å². The molecule has 0 aromatic heterocycles. The first-order valence-electron chi connectivity index (χ1n) is 9.62. The van der Waals surface area contributed by atoms with Crippen molar-refractivity contribution in [2.75, 3.05) is 26.2 Å². The van der Waals surface area contributed by atoms with Crippen molar-refractivity contribution in [2.24, 2.45) is 5.92 Å². The fourth-order valence-electron chi connectivity index (χ4n) is 3.77. The van der Waals surface area contributed by atoms with Gasteiger partial charge in [-0.3, -0.25) is 9.59 Å². The molecule has 154 valence electrons. The lowest BCUT2D eigenvalue weighted by Crippen LogP contribution is -2.49. The molecule has 0 radical (unpaired) electrons. The van der Waals surface area contributed by atoms with Gasteiger partial charge in [0, 0.05) is 44.9 Å². The second kappa shape index (κ2) is 8.41. The fraction of sp³-hybridized carbons (Fsp3) is 0.600. The molecule has 2 aliphatic heterocycles. The third-order valence-electron chi connectivity index (χ3n) is 5.45. The number of ether oxygens (including phenoxy) is 1. The quantitative estimate of drug-likeness (QED) is 0.786. The van der Waals surface area contributed by atoms with Gasteiger partial charge in [-0.05, 0) is 31.9 Å². The van der Waals surface area contributed by atoms with E-state index < -0.39 is 12.1 Å². The van der Waals surface area contributed by atoms with Gasteiger partial charge < -0.3 is 14.5 Å². The number of halogens is 3. The van der Waals surface area contributed by atoms with E-state index in [2.05, 4.69) is 0 Å². The summed E-state index contributed by atoms with van der Waals surface area (Å²) < 4.78 is 43.5. The summed E-state index contributed by atoms with van der Waals surface area (Å²) in [7, 11) is 0. The lowest BCUT2D eigenvalue weighted by molar-refractivity contribution is -0.187. The Morgan fingerprint density at radius 1 is 0.929 bits per heavy atom. The first-order chi connectivity index (χ1) is 13.2. The highest BCUT2D eigenvalue weighted by atomic mass is 19.4. The van der Waals surface area contributed by atoms with Crippen molar-refractivity contribution in [1.82, 2.24) is 9.80 Å². The summed E-state index contributed by atoms with van der Waals surface area (Å²) in [6.45, 7) is 3.12. The van der Waals surface area contributed by atoms with Crippen LogP contribution in [0.3, 0.4) is 0 Å². The number of hydrogen-bond donors (Lipinski definition) is 0. The molecule has 0 atom stereocenters. The molecule has 2 aliphatic rings. The minimum Gasteiger partial charge on any atom is -0.490 e. The predicted octanol–water partition coefficient (Wildman–Crippen LogP) is 3.17. The minimum absolute atomic E-state index is 0.0205. The highest BCUT2D eigenvalue weighted by Gasteiger charge is 2.44. The number of piperidine rings is 2. The molecule has 0 unspecified atom stereocenters. The molecule has 1 aromatic carbocycles. The van der Waals surface area contributed by atoms with E-state index in [-0.39, 0.29) is 43.9 Å². The molecule has 5 nitrogen and oxygen atoms in total. The third-order valence-corrected chi connectivity index (χ3v) is 5.45. The highest BCUT2D eigenvalue weighted by molar-refractivity contribution is 5.83. The van der Waals surface area contributed by atoms with Crippen molar-refractivity contribution in [3.63, 3.8) is 0 Å². The summed E-state index contributed by atoms with van der Waals surface area (Å²) in [4.78, 5) is 26.6. The Labute approximate surface area is 162 Å². The highest BCUT2D eigenvalue weighted by Crippen LogP contribution is 2.26. The van der Waals surface area contributed by atoms with E-state index in [9.17, 15) is 22.8 Å². The Hall–Kier alpha value is -2.25. The largest absolute Gasteiger partial charge is 0.490 e. The van der Waals surface area contributed by atoms with Gasteiger partial charge >= 0.3 is 12.1 Å². The number of aryl methyl sites for hydroxylation is 1. The molecule has 0 spiro atoms. The number of carbonyl (C=O) groups is 2. The van der Waals surface area contributed by atoms with Gasteiger partial charge in [0.15, 0.2) is 0 Å². The monoisotopic (exact) mass is 398 g/mol. The van der Waals surface area contributed by atoms with Crippen molar-refractivity contribution >= 4 is 11.8 Å². The summed E-state index contributed by atoms with van der Waals surface area (Å²) in [5.74, 6) is -1.33. The Morgan fingerprint density at radius 3 is 2.00 bits per heavy atom. The maximum Gasteiger partial charge on any atom is 0.471 e. The SMILES string of the molecule is Cc1ccc(OC2CCN(C(=O)C3CCN(C(=O)C(F)(F)F)CC3)CC2)cc1. The number of hydrogen-bond acceptors (Lipinski definition) is 3. The summed E-state index contributed by atoms with van der Waals surface area (Å²) in [5.41, 5.74) is 1.16. The Bertz CT molecular complexity index is 690. The lowest BCUT2D eigenvalue weighted by atomic mass is 9.94. The maximum absolute atomic E-state index is 12.7. The standard InChI is InChI=1S/C20H25F3N2O3/c1-14-2-4-16(5-3-14)28-17-8-12-24(13-9-17)18(26)15-6-10-25(11-7-15)19(27)20(21,22)23/h2-5,15,17H,6-13H2,1H3. The first kappa shape index (κ1) is 20.5. The number of benzene rings is 1. The Morgan fingerprint density at radius 2 is 1.46 bits per heavy atom. The maximum atomic E-state index is 12.7. The van der Waals surface area contributed by atoms with E-state index in [1.807, 2.05) is 31.2 Å². The van der Waals surface area contributed by atoms with Crippen LogP contribution in [0.1, 0.15) is 31.2 Å². The summed E-state index contributed by atoms with van der Waals surface area (Å²) in [5, 5.41) is 0. The zero-order valence-corrected chi connectivity index (χ0v) is 15.9. The zero-order valence-electron chi connectivity index (χ0n) is 15.9. The van der Waals surface area contributed by atoms with E-state index in [4.69, 9.17) is 4.74 Å². The van der Waals surface area contributed by atoms with Gasteiger partial charge in [0.25, 0.3) is 0 Å². The summed E-state index contributed by atoms with van der Waals surface area (Å²) in [6.07, 6.45) is -2.79. The molecule has 3 rings (SSSR count). The van der Waals surface area contributed by atoms with Crippen LogP contribution in [0, 0.1) is 12.8 Å². The third kappa shape index (κ3) is 4.97. The molecule has 2 amide bonds. The second-order valence-corrected chi connectivity index (χ2v) is 7.52. The number of alkyl halides is 3. The molecule has 2 saturated heterocycles. The smallest absolute Gasteiger partial charge is 0.471 e.